The van der Waals surface area contributed by atoms with Crippen LogP contribution in [0, 0.1) is 5.92 Å². The molecule has 0 radical (unpaired) electrons. The van der Waals surface area contributed by atoms with Gasteiger partial charge in [0.25, 0.3) is 0 Å². The van der Waals surface area contributed by atoms with Crippen LogP contribution in [0.5, 0.6) is 0 Å². The van der Waals surface area contributed by atoms with Crippen LogP contribution in [0.3, 0.4) is 0 Å². The molecule has 1 aromatic heterocycles. The lowest BCUT2D eigenvalue weighted by Crippen LogP contribution is -2.44. The van der Waals surface area contributed by atoms with Crippen molar-refractivity contribution in [2.24, 2.45) is 10.9 Å². The monoisotopic (exact) mass is 353 g/mol. The van der Waals surface area contributed by atoms with E-state index in [0.29, 0.717) is 12.5 Å². The minimum atomic E-state index is 0.568. The molecule has 1 aliphatic rings. The van der Waals surface area contributed by atoms with Crippen molar-refractivity contribution in [1.29, 1.82) is 0 Å². The van der Waals surface area contributed by atoms with Gasteiger partial charge in [-0.1, -0.05) is 13.8 Å². The van der Waals surface area contributed by atoms with Gasteiger partial charge in [0, 0.05) is 43.8 Å². The second-order valence-corrected chi connectivity index (χ2v) is 7.37. The van der Waals surface area contributed by atoms with Crippen LogP contribution in [0.2, 0.25) is 0 Å². The van der Waals surface area contributed by atoms with Gasteiger partial charge in [0.15, 0.2) is 5.96 Å². The molecule has 0 aromatic carbocycles. The van der Waals surface area contributed by atoms with Crippen LogP contribution in [0.1, 0.15) is 30.7 Å². The molecular formula is C17H31N5OS. The van der Waals surface area contributed by atoms with E-state index in [-0.39, 0.29) is 0 Å². The molecule has 2 N–H and O–H groups in total. The van der Waals surface area contributed by atoms with Gasteiger partial charge in [-0.3, -0.25) is 4.90 Å². The van der Waals surface area contributed by atoms with Crippen LogP contribution in [0.15, 0.2) is 11.2 Å². The number of nitrogens with zero attached hydrogens (tertiary/aromatic N) is 3. The number of hydrogen-bond donors (Lipinski definition) is 2. The number of aromatic nitrogens is 1. The van der Waals surface area contributed by atoms with Crippen molar-refractivity contribution < 1.29 is 4.74 Å². The summed E-state index contributed by atoms with van der Waals surface area (Å²) in [6.45, 7) is 13.8. The summed E-state index contributed by atoms with van der Waals surface area (Å²) in [6, 6.07) is 0. The van der Waals surface area contributed by atoms with Crippen LogP contribution < -0.4 is 10.6 Å². The van der Waals surface area contributed by atoms with E-state index < -0.39 is 0 Å². The molecule has 2 heterocycles. The summed E-state index contributed by atoms with van der Waals surface area (Å²) in [5, 5.41) is 7.85. The fourth-order valence-corrected chi connectivity index (χ4v) is 3.42. The standard InChI is InChI=1S/C17H31N5OS/c1-4-15-11-19-16(24-15)12-21-17(18-5-2)20-10-14(3)13-22-6-8-23-9-7-22/h11,14H,4-10,12-13H2,1-3H3,(H2,18,20,21). The molecule has 0 aliphatic carbocycles. The van der Waals surface area contributed by atoms with Gasteiger partial charge in [0.2, 0.25) is 0 Å². The molecule has 1 atom stereocenters. The van der Waals surface area contributed by atoms with Crippen LogP contribution in [0.25, 0.3) is 0 Å². The SMILES string of the molecule is CCNC(=NCc1ncc(CC)s1)NCC(C)CN1CCOCC1. The number of hydrogen-bond acceptors (Lipinski definition) is 5. The number of rotatable bonds is 8. The molecule has 1 saturated heterocycles. The lowest BCUT2D eigenvalue weighted by Gasteiger charge is -2.29. The van der Waals surface area contributed by atoms with Gasteiger partial charge in [-0.15, -0.1) is 11.3 Å². The Morgan fingerprint density at radius 1 is 1.38 bits per heavy atom. The first-order valence-corrected chi connectivity index (χ1v) is 9.78. The van der Waals surface area contributed by atoms with Crippen LogP contribution in [-0.4, -0.2) is 61.8 Å². The quantitative estimate of drug-likeness (QED) is 0.550. The molecular weight excluding hydrogens is 322 g/mol. The summed E-state index contributed by atoms with van der Waals surface area (Å²) in [5.41, 5.74) is 0. The van der Waals surface area contributed by atoms with Gasteiger partial charge in [0.05, 0.1) is 19.8 Å². The van der Waals surface area contributed by atoms with Crippen molar-refractivity contribution in [3.05, 3.63) is 16.1 Å². The van der Waals surface area contributed by atoms with Gasteiger partial charge in [0.1, 0.15) is 5.01 Å². The summed E-state index contributed by atoms with van der Waals surface area (Å²) >= 11 is 1.75. The molecule has 0 bridgehead atoms. The van der Waals surface area contributed by atoms with Gasteiger partial charge < -0.3 is 15.4 Å². The number of guanidine groups is 1. The van der Waals surface area contributed by atoms with E-state index in [9.17, 15) is 0 Å². The van der Waals surface area contributed by atoms with E-state index in [4.69, 9.17) is 4.74 Å². The topological polar surface area (TPSA) is 61.8 Å². The Morgan fingerprint density at radius 2 is 2.17 bits per heavy atom. The number of morpholine rings is 1. The lowest BCUT2D eigenvalue weighted by atomic mass is 10.1. The fourth-order valence-electron chi connectivity index (χ4n) is 2.63. The van der Waals surface area contributed by atoms with Gasteiger partial charge in [-0.2, -0.15) is 0 Å². The average Bonchev–Trinajstić information content (AvgIpc) is 3.06. The summed E-state index contributed by atoms with van der Waals surface area (Å²) in [7, 11) is 0. The maximum absolute atomic E-state index is 5.40. The Kier molecular flexibility index (Phi) is 8.49. The fraction of sp³-hybridized carbons (Fsp3) is 0.765. The number of aryl methyl sites for hydroxylation is 1. The Bertz CT molecular complexity index is 499. The molecule has 136 valence electrons. The maximum atomic E-state index is 5.40. The third-order valence-electron chi connectivity index (χ3n) is 3.96. The molecule has 1 aromatic rings. The number of thiazole rings is 1. The summed E-state index contributed by atoms with van der Waals surface area (Å²) in [4.78, 5) is 12.9. The highest BCUT2D eigenvalue weighted by Gasteiger charge is 2.14. The number of aliphatic imine (C=N–C) groups is 1. The molecule has 1 unspecified atom stereocenters. The molecule has 6 nitrogen and oxygen atoms in total. The number of ether oxygens (including phenoxy) is 1. The predicted molar refractivity (Wildman–Crippen MR) is 101 cm³/mol. The zero-order valence-corrected chi connectivity index (χ0v) is 16.0. The third kappa shape index (κ3) is 6.75. The van der Waals surface area contributed by atoms with E-state index in [0.717, 1.165) is 63.3 Å². The lowest BCUT2D eigenvalue weighted by molar-refractivity contribution is 0.0320. The second kappa shape index (κ2) is 10.6. The normalized spacial score (nSPS) is 17.7. The first-order valence-electron chi connectivity index (χ1n) is 8.97. The van der Waals surface area contributed by atoms with E-state index in [1.807, 2.05) is 6.20 Å². The third-order valence-corrected chi connectivity index (χ3v) is 5.08. The predicted octanol–water partition coefficient (Wildman–Crippen LogP) is 1.73. The van der Waals surface area contributed by atoms with Gasteiger partial charge >= 0.3 is 0 Å². The second-order valence-electron chi connectivity index (χ2n) is 6.17. The van der Waals surface area contributed by atoms with E-state index in [1.54, 1.807) is 11.3 Å². The van der Waals surface area contributed by atoms with Crippen LogP contribution >= 0.6 is 11.3 Å². The molecule has 0 amide bonds. The highest BCUT2D eigenvalue weighted by Crippen LogP contribution is 2.14. The molecule has 1 aliphatic heterocycles. The van der Waals surface area contributed by atoms with Crippen molar-refractivity contribution >= 4 is 17.3 Å². The van der Waals surface area contributed by atoms with E-state index in [2.05, 4.69) is 46.3 Å². The largest absolute Gasteiger partial charge is 0.379 e. The van der Waals surface area contributed by atoms with Crippen molar-refractivity contribution in [1.82, 2.24) is 20.5 Å². The maximum Gasteiger partial charge on any atom is 0.191 e. The zero-order valence-electron chi connectivity index (χ0n) is 15.2. The zero-order chi connectivity index (χ0) is 17.2. The highest BCUT2D eigenvalue weighted by molar-refractivity contribution is 7.11. The summed E-state index contributed by atoms with van der Waals surface area (Å²) in [6.07, 6.45) is 3.00. The highest BCUT2D eigenvalue weighted by atomic mass is 32.1. The Morgan fingerprint density at radius 3 is 2.83 bits per heavy atom. The van der Waals surface area contributed by atoms with Crippen molar-refractivity contribution in [3.63, 3.8) is 0 Å². The van der Waals surface area contributed by atoms with Crippen LogP contribution in [0.4, 0.5) is 0 Å². The molecule has 0 saturated carbocycles. The van der Waals surface area contributed by atoms with Crippen molar-refractivity contribution in [3.8, 4) is 0 Å². The van der Waals surface area contributed by atoms with Crippen molar-refractivity contribution in [2.45, 2.75) is 33.7 Å². The smallest absolute Gasteiger partial charge is 0.191 e. The Balaban J connectivity index is 1.77. The summed E-state index contributed by atoms with van der Waals surface area (Å²) in [5.74, 6) is 1.44. The molecule has 2 rings (SSSR count). The van der Waals surface area contributed by atoms with Crippen LogP contribution in [-0.2, 0) is 17.7 Å². The average molecular weight is 354 g/mol. The first kappa shape index (κ1) is 19.1. The first-order chi connectivity index (χ1) is 11.7. The van der Waals surface area contributed by atoms with Crippen molar-refractivity contribution in [2.75, 3.05) is 45.9 Å². The van der Waals surface area contributed by atoms with Gasteiger partial charge in [-0.05, 0) is 19.3 Å². The Hall–Kier alpha value is -1.18. The molecule has 0 spiro atoms. The minimum Gasteiger partial charge on any atom is -0.379 e. The molecule has 1 fully saturated rings. The molecule has 24 heavy (non-hydrogen) atoms. The molecule has 7 heteroatoms. The van der Waals surface area contributed by atoms with Gasteiger partial charge in [-0.25, -0.2) is 9.98 Å². The summed E-state index contributed by atoms with van der Waals surface area (Å²) < 4.78 is 5.40. The Labute approximate surface area is 149 Å². The van der Waals surface area contributed by atoms with E-state index >= 15 is 0 Å². The minimum absolute atomic E-state index is 0.568. The van der Waals surface area contributed by atoms with E-state index in [1.165, 1.54) is 4.88 Å². The number of nitrogens with one attached hydrogen (secondary N) is 2.